The number of nitrogens with zero attached hydrogens (tertiary/aromatic N) is 3. The molecule has 0 radical (unpaired) electrons. The van der Waals surface area contributed by atoms with Crippen molar-refractivity contribution in [1.82, 2.24) is 14.8 Å². The summed E-state index contributed by atoms with van der Waals surface area (Å²) < 4.78 is 7.57. The van der Waals surface area contributed by atoms with E-state index in [4.69, 9.17) is 10.5 Å². The second-order valence-corrected chi connectivity index (χ2v) is 4.58. The second kappa shape index (κ2) is 4.68. The predicted octanol–water partition coefficient (Wildman–Crippen LogP) is 2.85. The van der Waals surface area contributed by atoms with Gasteiger partial charge in [-0.15, -0.1) is 0 Å². The van der Waals surface area contributed by atoms with Gasteiger partial charge in [0.1, 0.15) is 11.4 Å². The molecule has 96 valence electrons. The SMILES string of the molecule is Cc1ccc(Oc2c(N)c(C)nn2C(C)C)cn1. The Labute approximate surface area is 107 Å². The molecule has 0 aliphatic rings. The Balaban J connectivity index is 2.36. The minimum Gasteiger partial charge on any atom is -0.436 e. The van der Waals surface area contributed by atoms with E-state index in [0.717, 1.165) is 11.4 Å². The van der Waals surface area contributed by atoms with E-state index in [9.17, 15) is 0 Å². The monoisotopic (exact) mass is 246 g/mol. The number of hydrogen-bond acceptors (Lipinski definition) is 4. The first-order chi connectivity index (χ1) is 8.49. The van der Waals surface area contributed by atoms with E-state index in [-0.39, 0.29) is 6.04 Å². The Hall–Kier alpha value is -2.04. The molecule has 0 aliphatic heterocycles. The molecule has 0 saturated carbocycles. The van der Waals surface area contributed by atoms with Gasteiger partial charge in [-0.05, 0) is 39.8 Å². The summed E-state index contributed by atoms with van der Waals surface area (Å²) in [4.78, 5) is 4.19. The summed E-state index contributed by atoms with van der Waals surface area (Å²) in [6.45, 7) is 7.87. The van der Waals surface area contributed by atoms with Gasteiger partial charge >= 0.3 is 0 Å². The van der Waals surface area contributed by atoms with Gasteiger partial charge in [0.2, 0.25) is 5.88 Å². The summed E-state index contributed by atoms with van der Waals surface area (Å²) in [5.74, 6) is 1.24. The summed E-state index contributed by atoms with van der Waals surface area (Å²) in [6.07, 6.45) is 1.68. The van der Waals surface area contributed by atoms with E-state index >= 15 is 0 Å². The molecular formula is C13H18N4O. The molecule has 0 unspecified atom stereocenters. The van der Waals surface area contributed by atoms with E-state index < -0.39 is 0 Å². The average molecular weight is 246 g/mol. The van der Waals surface area contributed by atoms with Crippen LogP contribution in [0.2, 0.25) is 0 Å². The Morgan fingerprint density at radius 1 is 1.28 bits per heavy atom. The molecule has 2 aromatic rings. The van der Waals surface area contributed by atoms with E-state index in [1.807, 2.05) is 39.8 Å². The van der Waals surface area contributed by atoms with Crippen molar-refractivity contribution >= 4 is 5.69 Å². The highest BCUT2D eigenvalue weighted by atomic mass is 16.5. The van der Waals surface area contributed by atoms with Gasteiger partial charge in [-0.1, -0.05) is 0 Å². The third-order valence-corrected chi connectivity index (χ3v) is 2.67. The first-order valence-electron chi connectivity index (χ1n) is 5.94. The molecule has 0 aliphatic carbocycles. The predicted molar refractivity (Wildman–Crippen MR) is 70.8 cm³/mol. The number of nitrogens with two attached hydrogens (primary N) is 1. The molecule has 2 aromatic heterocycles. The van der Waals surface area contributed by atoms with Crippen molar-refractivity contribution in [2.75, 3.05) is 5.73 Å². The third-order valence-electron chi connectivity index (χ3n) is 2.67. The number of aryl methyl sites for hydroxylation is 2. The Bertz CT molecular complexity index is 543. The second-order valence-electron chi connectivity index (χ2n) is 4.58. The zero-order valence-electron chi connectivity index (χ0n) is 11.1. The molecule has 0 amide bonds. The number of nitrogen functional groups attached to an aromatic ring is 1. The van der Waals surface area contributed by atoms with Gasteiger partial charge in [0.25, 0.3) is 0 Å². The van der Waals surface area contributed by atoms with E-state index in [1.54, 1.807) is 10.9 Å². The molecule has 18 heavy (non-hydrogen) atoms. The van der Waals surface area contributed by atoms with Crippen molar-refractivity contribution in [3.63, 3.8) is 0 Å². The van der Waals surface area contributed by atoms with Crippen molar-refractivity contribution in [3.05, 3.63) is 29.7 Å². The van der Waals surface area contributed by atoms with Gasteiger partial charge in [0, 0.05) is 5.69 Å². The number of rotatable bonds is 3. The van der Waals surface area contributed by atoms with Crippen molar-refractivity contribution in [2.45, 2.75) is 33.7 Å². The Morgan fingerprint density at radius 2 is 2.00 bits per heavy atom. The molecule has 2 N–H and O–H groups in total. The molecule has 5 heteroatoms. The summed E-state index contributed by atoms with van der Waals surface area (Å²) in [5.41, 5.74) is 8.29. The number of aromatic nitrogens is 3. The maximum Gasteiger partial charge on any atom is 0.241 e. The van der Waals surface area contributed by atoms with Gasteiger partial charge in [0.05, 0.1) is 17.9 Å². The molecule has 0 saturated heterocycles. The quantitative estimate of drug-likeness (QED) is 0.904. The summed E-state index contributed by atoms with van der Waals surface area (Å²) in [6, 6.07) is 3.96. The lowest BCUT2D eigenvalue weighted by atomic mass is 10.3. The third kappa shape index (κ3) is 2.30. The fourth-order valence-electron chi connectivity index (χ4n) is 1.62. The van der Waals surface area contributed by atoms with Crippen LogP contribution in [0.3, 0.4) is 0 Å². The summed E-state index contributed by atoms with van der Waals surface area (Å²) in [5, 5.41) is 4.37. The first-order valence-corrected chi connectivity index (χ1v) is 5.94. The zero-order valence-corrected chi connectivity index (χ0v) is 11.1. The Kier molecular flexibility index (Phi) is 3.23. The van der Waals surface area contributed by atoms with Crippen LogP contribution in [-0.2, 0) is 0 Å². The topological polar surface area (TPSA) is 66.0 Å². The Morgan fingerprint density at radius 3 is 2.56 bits per heavy atom. The molecule has 2 rings (SSSR count). The highest BCUT2D eigenvalue weighted by Gasteiger charge is 2.16. The lowest BCUT2D eigenvalue weighted by Crippen LogP contribution is -2.05. The smallest absolute Gasteiger partial charge is 0.241 e. The van der Waals surface area contributed by atoms with Gasteiger partial charge in [0.15, 0.2) is 0 Å². The highest BCUT2D eigenvalue weighted by molar-refractivity contribution is 5.54. The van der Waals surface area contributed by atoms with Crippen molar-refractivity contribution < 1.29 is 4.74 Å². The number of ether oxygens (including phenoxy) is 1. The maximum atomic E-state index is 5.99. The van der Waals surface area contributed by atoms with Gasteiger partial charge in [-0.2, -0.15) is 5.10 Å². The molecule has 0 bridgehead atoms. The molecule has 0 spiro atoms. The molecule has 0 aromatic carbocycles. The van der Waals surface area contributed by atoms with Gasteiger partial charge < -0.3 is 10.5 Å². The highest BCUT2D eigenvalue weighted by Crippen LogP contribution is 2.31. The van der Waals surface area contributed by atoms with Crippen LogP contribution in [0, 0.1) is 13.8 Å². The van der Waals surface area contributed by atoms with Crippen LogP contribution in [0.15, 0.2) is 18.3 Å². The van der Waals surface area contributed by atoms with Crippen molar-refractivity contribution in [1.29, 1.82) is 0 Å². The normalized spacial score (nSPS) is 10.9. The largest absolute Gasteiger partial charge is 0.436 e. The average Bonchev–Trinajstić information content (AvgIpc) is 2.60. The van der Waals surface area contributed by atoms with Crippen LogP contribution >= 0.6 is 0 Å². The maximum absolute atomic E-state index is 5.99. The number of hydrogen-bond donors (Lipinski definition) is 1. The van der Waals surface area contributed by atoms with E-state index in [2.05, 4.69) is 10.1 Å². The fourth-order valence-corrected chi connectivity index (χ4v) is 1.62. The van der Waals surface area contributed by atoms with Crippen LogP contribution in [0.25, 0.3) is 0 Å². The lowest BCUT2D eigenvalue weighted by molar-refractivity contribution is 0.388. The summed E-state index contributed by atoms with van der Waals surface area (Å²) >= 11 is 0. The molecule has 5 nitrogen and oxygen atoms in total. The fraction of sp³-hybridized carbons (Fsp3) is 0.385. The molecule has 2 heterocycles. The lowest BCUT2D eigenvalue weighted by Gasteiger charge is -2.12. The first kappa shape index (κ1) is 12.4. The van der Waals surface area contributed by atoms with E-state index in [0.29, 0.717) is 17.3 Å². The van der Waals surface area contributed by atoms with Crippen LogP contribution in [-0.4, -0.2) is 14.8 Å². The number of pyridine rings is 1. The molecule has 0 fully saturated rings. The van der Waals surface area contributed by atoms with Crippen LogP contribution < -0.4 is 10.5 Å². The van der Waals surface area contributed by atoms with E-state index in [1.165, 1.54) is 0 Å². The molecular weight excluding hydrogens is 228 g/mol. The standard InChI is InChI=1S/C13H18N4O/c1-8(2)17-13(12(14)10(4)16-17)18-11-6-5-9(3)15-7-11/h5-8H,14H2,1-4H3. The van der Waals surface area contributed by atoms with Gasteiger partial charge in [-0.3, -0.25) is 4.98 Å². The minimum atomic E-state index is 0.189. The van der Waals surface area contributed by atoms with Crippen molar-refractivity contribution in [2.24, 2.45) is 0 Å². The number of anilines is 1. The van der Waals surface area contributed by atoms with Crippen LogP contribution in [0.1, 0.15) is 31.3 Å². The van der Waals surface area contributed by atoms with Gasteiger partial charge in [-0.25, -0.2) is 4.68 Å². The molecule has 0 atom stereocenters. The minimum absolute atomic E-state index is 0.189. The van der Waals surface area contributed by atoms with Crippen LogP contribution in [0.5, 0.6) is 11.6 Å². The summed E-state index contributed by atoms with van der Waals surface area (Å²) in [7, 11) is 0. The zero-order chi connectivity index (χ0) is 13.3. The van der Waals surface area contributed by atoms with Crippen LogP contribution in [0.4, 0.5) is 5.69 Å². The van der Waals surface area contributed by atoms with Crippen molar-refractivity contribution in [3.8, 4) is 11.6 Å².